The van der Waals surface area contributed by atoms with E-state index in [1.54, 1.807) is 0 Å². The minimum absolute atomic E-state index is 0.917. The highest BCUT2D eigenvalue weighted by Crippen LogP contribution is 2.46. The van der Waals surface area contributed by atoms with Gasteiger partial charge in [0.1, 0.15) is 11.2 Å². The van der Waals surface area contributed by atoms with Crippen LogP contribution in [0, 0.1) is 0 Å². The first kappa shape index (κ1) is 24.0. The van der Waals surface area contributed by atoms with Crippen LogP contribution in [-0.2, 0) is 0 Å². The summed E-state index contributed by atoms with van der Waals surface area (Å²) >= 11 is 1.87. The number of hydrogen-bond acceptors (Lipinski definition) is 2. The van der Waals surface area contributed by atoms with Crippen molar-refractivity contribution in [1.29, 1.82) is 0 Å². The van der Waals surface area contributed by atoms with Crippen LogP contribution in [0.25, 0.3) is 96.7 Å². The van der Waals surface area contributed by atoms with Crippen LogP contribution in [0.15, 0.2) is 150 Å². The van der Waals surface area contributed by atoms with E-state index in [4.69, 9.17) is 4.42 Å². The van der Waals surface area contributed by atoms with E-state index < -0.39 is 0 Å². The van der Waals surface area contributed by atoms with Crippen LogP contribution >= 0.6 is 11.3 Å². The number of thiophene rings is 1. The highest BCUT2D eigenvalue weighted by atomic mass is 32.1. The van der Waals surface area contributed by atoms with Gasteiger partial charge in [-0.1, -0.05) is 103 Å². The van der Waals surface area contributed by atoms with Gasteiger partial charge in [0.15, 0.2) is 0 Å². The average molecular weight is 577 g/mol. The lowest BCUT2D eigenvalue weighted by Crippen LogP contribution is -1.90. The fourth-order valence-corrected chi connectivity index (χ4v) is 8.34. The van der Waals surface area contributed by atoms with Gasteiger partial charge in [0.25, 0.3) is 0 Å². The maximum atomic E-state index is 6.51. The lowest BCUT2D eigenvalue weighted by Gasteiger charge is -2.18. The summed E-state index contributed by atoms with van der Waals surface area (Å²) in [5, 5.41) is 12.4. The maximum Gasteiger partial charge on any atom is 0.136 e. The summed E-state index contributed by atoms with van der Waals surface area (Å²) in [5.41, 5.74) is 6.79. The Morgan fingerprint density at radius 3 is 1.57 bits per heavy atom. The lowest BCUT2D eigenvalue weighted by atomic mass is 9.85. The summed E-state index contributed by atoms with van der Waals surface area (Å²) in [7, 11) is 0. The minimum atomic E-state index is 0.917. The molecule has 0 spiro atoms. The first-order chi connectivity index (χ1) is 21.8. The van der Waals surface area contributed by atoms with E-state index in [0.717, 1.165) is 21.9 Å². The van der Waals surface area contributed by atoms with Gasteiger partial charge in [-0.2, -0.15) is 0 Å². The molecular weight excluding hydrogens is 553 g/mol. The Morgan fingerprint density at radius 2 is 0.864 bits per heavy atom. The topological polar surface area (TPSA) is 13.1 Å². The number of hydrogen-bond donors (Lipinski definition) is 0. The molecule has 44 heavy (non-hydrogen) atoms. The van der Waals surface area contributed by atoms with Gasteiger partial charge in [0.05, 0.1) is 0 Å². The van der Waals surface area contributed by atoms with Gasteiger partial charge < -0.3 is 4.42 Å². The normalized spacial score (nSPS) is 12.1. The first-order valence-electron chi connectivity index (χ1n) is 15.0. The molecule has 0 saturated carbocycles. The van der Waals surface area contributed by atoms with Crippen molar-refractivity contribution in [3.8, 4) is 22.3 Å². The molecule has 0 aliphatic rings. The summed E-state index contributed by atoms with van der Waals surface area (Å²) in [5.74, 6) is 0. The molecule has 0 bridgehead atoms. The molecule has 2 heterocycles. The Hall–Kier alpha value is -5.44. The summed E-state index contributed by atoms with van der Waals surface area (Å²) in [6, 6.07) is 53.1. The van der Waals surface area contributed by atoms with Gasteiger partial charge in [-0.05, 0) is 97.0 Å². The van der Waals surface area contributed by atoms with Crippen molar-refractivity contribution >= 4 is 85.8 Å². The molecule has 1 nitrogen and oxygen atoms in total. The van der Waals surface area contributed by atoms with Crippen molar-refractivity contribution in [3.05, 3.63) is 146 Å². The summed E-state index contributed by atoms with van der Waals surface area (Å²) in [4.78, 5) is 0. The molecule has 0 saturated heterocycles. The predicted molar refractivity (Wildman–Crippen MR) is 190 cm³/mol. The third-order valence-electron chi connectivity index (χ3n) is 9.23. The van der Waals surface area contributed by atoms with Crippen molar-refractivity contribution in [3.63, 3.8) is 0 Å². The van der Waals surface area contributed by atoms with Crippen LogP contribution in [0.2, 0.25) is 0 Å². The molecule has 10 aromatic rings. The Morgan fingerprint density at radius 1 is 0.341 bits per heavy atom. The van der Waals surface area contributed by atoms with Crippen molar-refractivity contribution < 1.29 is 4.42 Å². The molecule has 10 rings (SSSR count). The SMILES string of the molecule is c1ccc2cc3c(cc2c1)oc1cc(-c2c4ccccc4c(-c4ccc5sc6ccccc6c5c4)c4ccccc24)ccc13. The van der Waals surface area contributed by atoms with E-state index in [-0.39, 0.29) is 0 Å². The molecule has 204 valence electrons. The van der Waals surface area contributed by atoms with Gasteiger partial charge in [0, 0.05) is 30.9 Å². The fourth-order valence-electron chi connectivity index (χ4n) is 7.25. The predicted octanol–water partition coefficient (Wildman–Crippen LogP) is 12.7. The standard InChI is InChI=1S/C42H24OS/c1-2-10-26-23-38-35(21-25(26)9-1)29-19-17-28(24-37(29)43-38)42-33-14-5-3-12-31(33)41(32-13-4-6-15-34(32)42)27-18-20-40-36(22-27)30-11-7-8-16-39(30)44-40/h1-24H. The largest absolute Gasteiger partial charge is 0.456 e. The second kappa shape index (κ2) is 9.03. The van der Waals surface area contributed by atoms with Crippen LogP contribution in [0.5, 0.6) is 0 Å². The number of benzene rings is 8. The summed E-state index contributed by atoms with van der Waals surface area (Å²) in [6.45, 7) is 0. The zero-order valence-corrected chi connectivity index (χ0v) is 24.5. The van der Waals surface area contributed by atoms with E-state index >= 15 is 0 Å². The van der Waals surface area contributed by atoms with Crippen molar-refractivity contribution in [1.82, 2.24) is 0 Å². The van der Waals surface area contributed by atoms with Crippen LogP contribution in [0.1, 0.15) is 0 Å². The molecule has 2 heteroatoms. The second-order valence-corrected chi connectivity index (χ2v) is 12.7. The smallest absolute Gasteiger partial charge is 0.136 e. The van der Waals surface area contributed by atoms with Gasteiger partial charge >= 0.3 is 0 Å². The van der Waals surface area contributed by atoms with Gasteiger partial charge in [-0.25, -0.2) is 0 Å². The zero-order chi connectivity index (χ0) is 28.8. The highest BCUT2D eigenvalue weighted by Gasteiger charge is 2.18. The number of furan rings is 1. The molecule has 2 aromatic heterocycles. The van der Waals surface area contributed by atoms with Gasteiger partial charge in [-0.3, -0.25) is 0 Å². The van der Waals surface area contributed by atoms with Crippen molar-refractivity contribution in [2.75, 3.05) is 0 Å². The van der Waals surface area contributed by atoms with Crippen molar-refractivity contribution in [2.45, 2.75) is 0 Å². The molecule has 8 aromatic carbocycles. The van der Waals surface area contributed by atoms with Crippen LogP contribution in [0.3, 0.4) is 0 Å². The zero-order valence-electron chi connectivity index (χ0n) is 23.7. The summed E-state index contributed by atoms with van der Waals surface area (Å²) < 4.78 is 9.17. The van der Waals surface area contributed by atoms with Gasteiger partial charge in [0.2, 0.25) is 0 Å². The second-order valence-electron chi connectivity index (χ2n) is 11.7. The van der Waals surface area contributed by atoms with E-state index in [1.165, 1.54) is 74.7 Å². The molecule has 0 aliphatic heterocycles. The third-order valence-corrected chi connectivity index (χ3v) is 10.4. The van der Waals surface area contributed by atoms with Crippen LogP contribution in [0.4, 0.5) is 0 Å². The fraction of sp³-hybridized carbons (Fsp3) is 0. The molecule has 0 aliphatic carbocycles. The average Bonchev–Trinajstić information content (AvgIpc) is 3.62. The van der Waals surface area contributed by atoms with Crippen LogP contribution < -0.4 is 0 Å². The molecule has 0 unspecified atom stereocenters. The van der Waals surface area contributed by atoms with E-state index in [1.807, 2.05) is 11.3 Å². The molecule has 0 N–H and O–H groups in total. The summed E-state index contributed by atoms with van der Waals surface area (Å²) in [6.07, 6.45) is 0. The lowest BCUT2D eigenvalue weighted by molar-refractivity contribution is 0.669. The Bertz CT molecular complexity index is 2720. The monoisotopic (exact) mass is 576 g/mol. The van der Waals surface area contributed by atoms with E-state index in [2.05, 4.69) is 146 Å². The number of fused-ring (bicyclic) bond motifs is 9. The van der Waals surface area contributed by atoms with Crippen molar-refractivity contribution in [2.24, 2.45) is 0 Å². The molecule has 0 fully saturated rings. The first-order valence-corrected chi connectivity index (χ1v) is 15.8. The van der Waals surface area contributed by atoms with E-state index in [9.17, 15) is 0 Å². The van der Waals surface area contributed by atoms with Gasteiger partial charge in [-0.15, -0.1) is 11.3 Å². The third kappa shape index (κ3) is 3.40. The molecular formula is C42H24OS. The Kier molecular flexibility index (Phi) is 4.94. The molecule has 0 radical (unpaired) electrons. The Labute approximate surface area is 257 Å². The highest BCUT2D eigenvalue weighted by molar-refractivity contribution is 7.25. The molecule has 0 atom stereocenters. The number of rotatable bonds is 2. The minimum Gasteiger partial charge on any atom is -0.456 e. The Balaban J connectivity index is 1.25. The maximum absolute atomic E-state index is 6.51. The van der Waals surface area contributed by atoms with E-state index in [0.29, 0.717) is 0 Å². The quantitative estimate of drug-likeness (QED) is 0.187. The van der Waals surface area contributed by atoms with Crippen LogP contribution in [-0.4, -0.2) is 0 Å². The molecule has 0 amide bonds.